The number of hydrogen-bond donors (Lipinski definition) is 1. The standard InChI is InChI=1S/C17H25Cl2N/c1-3-4-12-5-8-17(20-2)14(9-12)10-13-11-15(18)6-7-16(13)19/h6-7,11-12,14,17,20H,3-5,8-10H2,1-2H3. The Morgan fingerprint density at radius 3 is 2.75 bits per heavy atom. The third-order valence-electron chi connectivity index (χ3n) is 4.65. The topological polar surface area (TPSA) is 12.0 Å². The molecule has 0 bridgehead atoms. The summed E-state index contributed by atoms with van der Waals surface area (Å²) < 4.78 is 0. The molecule has 0 amide bonds. The molecular formula is C17H25Cl2N. The number of nitrogens with one attached hydrogen (secondary N) is 1. The molecule has 112 valence electrons. The fraction of sp³-hybridized carbons (Fsp3) is 0.647. The van der Waals surface area contributed by atoms with Crippen LogP contribution in [0.15, 0.2) is 18.2 Å². The molecule has 3 unspecified atom stereocenters. The fourth-order valence-corrected chi connectivity index (χ4v) is 4.01. The Balaban J connectivity index is 2.09. The highest BCUT2D eigenvalue weighted by Crippen LogP contribution is 2.35. The van der Waals surface area contributed by atoms with E-state index >= 15 is 0 Å². The predicted molar refractivity (Wildman–Crippen MR) is 88.8 cm³/mol. The van der Waals surface area contributed by atoms with Gasteiger partial charge in [-0.25, -0.2) is 0 Å². The van der Waals surface area contributed by atoms with Gasteiger partial charge >= 0.3 is 0 Å². The highest BCUT2D eigenvalue weighted by molar-refractivity contribution is 6.33. The average molecular weight is 314 g/mol. The van der Waals surface area contributed by atoms with Crippen molar-refractivity contribution in [2.75, 3.05) is 7.05 Å². The Morgan fingerprint density at radius 2 is 2.05 bits per heavy atom. The zero-order chi connectivity index (χ0) is 14.5. The maximum Gasteiger partial charge on any atom is 0.0439 e. The van der Waals surface area contributed by atoms with Crippen LogP contribution >= 0.6 is 23.2 Å². The number of benzene rings is 1. The lowest BCUT2D eigenvalue weighted by Gasteiger charge is -2.36. The molecule has 1 fully saturated rings. The summed E-state index contributed by atoms with van der Waals surface area (Å²) in [5, 5.41) is 5.13. The summed E-state index contributed by atoms with van der Waals surface area (Å²) in [6, 6.07) is 6.42. The first kappa shape index (κ1) is 16.1. The van der Waals surface area contributed by atoms with Crippen molar-refractivity contribution in [1.29, 1.82) is 0 Å². The molecule has 0 heterocycles. The molecule has 1 N–H and O–H groups in total. The first-order valence-corrected chi connectivity index (χ1v) is 8.50. The van der Waals surface area contributed by atoms with Gasteiger partial charge in [-0.1, -0.05) is 43.0 Å². The van der Waals surface area contributed by atoms with E-state index in [1.807, 2.05) is 18.2 Å². The van der Waals surface area contributed by atoms with Crippen molar-refractivity contribution in [3.8, 4) is 0 Å². The number of rotatable bonds is 5. The molecule has 2 rings (SSSR count). The molecule has 0 saturated heterocycles. The molecule has 1 aliphatic rings. The minimum absolute atomic E-state index is 0.609. The molecule has 1 saturated carbocycles. The van der Waals surface area contributed by atoms with Gasteiger partial charge in [0.05, 0.1) is 0 Å². The van der Waals surface area contributed by atoms with E-state index in [1.54, 1.807) is 0 Å². The second-order valence-corrected chi connectivity index (χ2v) is 6.91. The molecule has 3 heteroatoms. The maximum atomic E-state index is 6.32. The highest BCUT2D eigenvalue weighted by atomic mass is 35.5. The maximum absolute atomic E-state index is 6.32. The van der Waals surface area contributed by atoms with Crippen LogP contribution in [0.1, 0.15) is 44.6 Å². The summed E-state index contributed by atoms with van der Waals surface area (Å²) >= 11 is 12.4. The molecule has 0 radical (unpaired) electrons. The van der Waals surface area contributed by atoms with Crippen LogP contribution in [0.25, 0.3) is 0 Å². The van der Waals surface area contributed by atoms with E-state index in [0.29, 0.717) is 12.0 Å². The largest absolute Gasteiger partial charge is 0.317 e. The summed E-state index contributed by atoms with van der Waals surface area (Å²) in [7, 11) is 2.08. The van der Waals surface area contributed by atoms with Crippen LogP contribution in [0.3, 0.4) is 0 Å². The SMILES string of the molecule is CCCC1CCC(NC)C(Cc2cc(Cl)ccc2Cl)C1. The van der Waals surface area contributed by atoms with E-state index in [1.165, 1.54) is 37.7 Å². The predicted octanol–water partition coefficient (Wildman–Crippen LogP) is 5.34. The molecule has 3 atom stereocenters. The molecule has 0 spiro atoms. The molecule has 0 aromatic heterocycles. The number of hydrogen-bond acceptors (Lipinski definition) is 1. The monoisotopic (exact) mass is 313 g/mol. The second-order valence-electron chi connectivity index (χ2n) is 6.06. The van der Waals surface area contributed by atoms with Crippen molar-refractivity contribution in [2.45, 2.75) is 51.5 Å². The van der Waals surface area contributed by atoms with Gasteiger partial charge in [0.15, 0.2) is 0 Å². The Labute approximate surface area is 133 Å². The molecule has 1 nitrogen and oxygen atoms in total. The first-order valence-electron chi connectivity index (χ1n) is 7.75. The van der Waals surface area contributed by atoms with Gasteiger partial charge in [-0.05, 0) is 68.3 Å². The van der Waals surface area contributed by atoms with Crippen molar-refractivity contribution in [1.82, 2.24) is 5.32 Å². The van der Waals surface area contributed by atoms with E-state index in [0.717, 1.165) is 22.4 Å². The van der Waals surface area contributed by atoms with Gasteiger partial charge in [0.1, 0.15) is 0 Å². The summed E-state index contributed by atoms with van der Waals surface area (Å²) in [5.41, 5.74) is 1.20. The first-order chi connectivity index (χ1) is 9.63. The molecule has 1 aromatic carbocycles. The zero-order valence-corrected chi connectivity index (χ0v) is 14.0. The van der Waals surface area contributed by atoms with Gasteiger partial charge in [-0.15, -0.1) is 0 Å². The summed E-state index contributed by atoms with van der Waals surface area (Å²) in [4.78, 5) is 0. The Kier molecular flexibility index (Phi) is 6.20. The minimum Gasteiger partial charge on any atom is -0.317 e. The van der Waals surface area contributed by atoms with Crippen LogP contribution in [0.5, 0.6) is 0 Å². The number of halogens is 2. The van der Waals surface area contributed by atoms with Crippen LogP contribution in [0, 0.1) is 11.8 Å². The quantitative estimate of drug-likeness (QED) is 0.773. The van der Waals surface area contributed by atoms with Crippen LogP contribution in [-0.4, -0.2) is 13.1 Å². The van der Waals surface area contributed by atoms with E-state index < -0.39 is 0 Å². The average Bonchev–Trinajstić information content (AvgIpc) is 2.44. The fourth-order valence-electron chi connectivity index (χ4n) is 3.62. The van der Waals surface area contributed by atoms with Gasteiger partial charge in [0.25, 0.3) is 0 Å². The van der Waals surface area contributed by atoms with Crippen LogP contribution < -0.4 is 5.32 Å². The molecule has 1 aromatic rings. The van der Waals surface area contributed by atoms with Crippen molar-refractivity contribution >= 4 is 23.2 Å². The van der Waals surface area contributed by atoms with Crippen molar-refractivity contribution in [3.05, 3.63) is 33.8 Å². The molecule has 20 heavy (non-hydrogen) atoms. The second kappa shape index (κ2) is 7.68. The van der Waals surface area contributed by atoms with Gasteiger partial charge in [-0.3, -0.25) is 0 Å². The lowest BCUT2D eigenvalue weighted by Crippen LogP contribution is -2.39. The van der Waals surface area contributed by atoms with Crippen molar-refractivity contribution in [3.63, 3.8) is 0 Å². The third kappa shape index (κ3) is 4.13. The van der Waals surface area contributed by atoms with Crippen LogP contribution in [0.2, 0.25) is 10.0 Å². The normalized spacial score (nSPS) is 26.7. The molecular weight excluding hydrogens is 289 g/mol. The van der Waals surface area contributed by atoms with E-state index in [2.05, 4.69) is 19.3 Å². The van der Waals surface area contributed by atoms with Gasteiger partial charge in [-0.2, -0.15) is 0 Å². The van der Waals surface area contributed by atoms with Crippen molar-refractivity contribution < 1.29 is 0 Å². The van der Waals surface area contributed by atoms with Gasteiger partial charge in [0.2, 0.25) is 0 Å². The lowest BCUT2D eigenvalue weighted by atomic mass is 9.74. The summed E-state index contributed by atoms with van der Waals surface area (Å²) in [6.07, 6.45) is 7.63. The van der Waals surface area contributed by atoms with Crippen molar-refractivity contribution in [2.24, 2.45) is 11.8 Å². The summed E-state index contributed by atoms with van der Waals surface area (Å²) in [6.45, 7) is 2.28. The molecule has 0 aliphatic heterocycles. The summed E-state index contributed by atoms with van der Waals surface area (Å²) in [5.74, 6) is 1.55. The van der Waals surface area contributed by atoms with E-state index in [9.17, 15) is 0 Å². The lowest BCUT2D eigenvalue weighted by molar-refractivity contribution is 0.200. The minimum atomic E-state index is 0.609. The highest BCUT2D eigenvalue weighted by Gasteiger charge is 2.29. The van der Waals surface area contributed by atoms with Gasteiger partial charge < -0.3 is 5.32 Å². The molecule has 1 aliphatic carbocycles. The Morgan fingerprint density at radius 1 is 1.25 bits per heavy atom. The Bertz CT molecular complexity index is 433. The van der Waals surface area contributed by atoms with Crippen LogP contribution in [-0.2, 0) is 6.42 Å². The van der Waals surface area contributed by atoms with E-state index in [-0.39, 0.29) is 0 Å². The zero-order valence-electron chi connectivity index (χ0n) is 12.5. The Hall–Kier alpha value is -0.240. The third-order valence-corrected chi connectivity index (χ3v) is 5.25. The van der Waals surface area contributed by atoms with Gasteiger partial charge in [0, 0.05) is 16.1 Å². The van der Waals surface area contributed by atoms with E-state index in [4.69, 9.17) is 23.2 Å². The smallest absolute Gasteiger partial charge is 0.0439 e. The van der Waals surface area contributed by atoms with Crippen LogP contribution in [0.4, 0.5) is 0 Å².